The second-order valence-corrected chi connectivity index (χ2v) is 6.01. The Morgan fingerprint density at radius 1 is 1.20 bits per heavy atom. The molecule has 1 fully saturated rings. The molecule has 0 atom stereocenters. The van der Waals surface area contributed by atoms with Crippen molar-refractivity contribution in [2.24, 2.45) is 0 Å². The zero-order valence-electron chi connectivity index (χ0n) is 13.6. The van der Waals surface area contributed by atoms with Crippen LogP contribution in [0.25, 0.3) is 22.3 Å². The average Bonchev–Trinajstić information content (AvgIpc) is 3.07. The second-order valence-electron chi connectivity index (χ2n) is 6.01. The number of H-pyrrole nitrogens is 1. The molecule has 0 spiro atoms. The summed E-state index contributed by atoms with van der Waals surface area (Å²) in [6, 6.07) is 9.56. The number of hydrogen-bond donors (Lipinski definition) is 2. The number of morpholine rings is 1. The van der Waals surface area contributed by atoms with Gasteiger partial charge in [0, 0.05) is 18.8 Å². The molecule has 7 nitrogen and oxygen atoms in total. The number of hydrogen-bond acceptors (Lipinski definition) is 5. The first kappa shape index (κ1) is 15.6. The number of aromatic nitrogens is 3. The second kappa shape index (κ2) is 6.52. The van der Waals surface area contributed by atoms with Gasteiger partial charge < -0.3 is 19.7 Å². The van der Waals surface area contributed by atoms with Crippen molar-refractivity contribution in [3.05, 3.63) is 42.2 Å². The van der Waals surface area contributed by atoms with E-state index in [-0.39, 0.29) is 6.42 Å². The topological polar surface area (TPSA) is 91.3 Å². The Balaban J connectivity index is 1.68. The lowest BCUT2D eigenvalue weighted by Crippen LogP contribution is -2.36. The Kier molecular flexibility index (Phi) is 4.07. The first-order chi connectivity index (χ1) is 12.2. The highest BCUT2D eigenvalue weighted by Gasteiger charge is 2.17. The average molecular weight is 338 g/mol. The molecule has 1 aliphatic heterocycles. The van der Waals surface area contributed by atoms with Crippen LogP contribution in [0.1, 0.15) is 5.56 Å². The number of carbonyl (C=O) groups is 1. The summed E-state index contributed by atoms with van der Waals surface area (Å²) in [5.41, 5.74) is 3.49. The molecular formula is C18H18N4O3. The number of nitrogens with zero attached hydrogens (tertiary/aromatic N) is 3. The quantitative estimate of drug-likeness (QED) is 0.757. The molecular weight excluding hydrogens is 320 g/mol. The Bertz CT molecular complexity index is 898. The van der Waals surface area contributed by atoms with Crippen LogP contribution in [-0.2, 0) is 16.0 Å². The lowest BCUT2D eigenvalue weighted by atomic mass is 10.1. The summed E-state index contributed by atoms with van der Waals surface area (Å²) in [7, 11) is 0. The van der Waals surface area contributed by atoms with Gasteiger partial charge in [0.15, 0.2) is 0 Å². The molecule has 0 bridgehead atoms. The lowest BCUT2D eigenvalue weighted by molar-refractivity contribution is -0.136. The van der Waals surface area contributed by atoms with Crippen LogP contribution in [0, 0.1) is 0 Å². The highest BCUT2D eigenvalue weighted by molar-refractivity contribution is 5.92. The van der Waals surface area contributed by atoms with Crippen molar-refractivity contribution in [3.8, 4) is 11.3 Å². The third-order valence-electron chi connectivity index (χ3n) is 4.34. The van der Waals surface area contributed by atoms with Crippen LogP contribution in [0.4, 0.5) is 5.82 Å². The highest BCUT2D eigenvalue weighted by Crippen LogP contribution is 2.29. The lowest BCUT2D eigenvalue weighted by Gasteiger charge is -2.27. The molecule has 25 heavy (non-hydrogen) atoms. The van der Waals surface area contributed by atoms with Crippen LogP contribution in [-0.4, -0.2) is 52.3 Å². The molecule has 1 saturated heterocycles. The molecule has 0 aliphatic carbocycles. The molecule has 0 saturated carbocycles. The van der Waals surface area contributed by atoms with E-state index in [2.05, 4.69) is 19.9 Å². The molecule has 2 aromatic heterocycles. The van der Waals surface area contributed by atoms with Crippen LogP contribution in [0.2, 0.25) is 0 Å². The maximum atomic E-state index is 10.8. The summed E-state index contributed by atoms with van der Waals surface area (Å²) in [5.74, 6) is 0.0853. The predicted octanol–water partition coefficient (Wildman–Crippen LogP) is 2.09. The molecule has 0 amide bonds. The van der Waals surface area contributed by atoms with Crippen molar-refractivity contribution < 1.29 is 14.6 Å². The van der Waals surface area contributed by atoms with E-state index in [4.69, 9.17) is 9.84 Å². The number of anilines is 1. The maximum absolute atomic E-state index is 10.8. The van der Waals surface area contributed by atoms with Gasteiger partial charge in [-0.3, -0.25) is 4.79 Å². The SMILES string of the molecule is O=C(O)Cc1ccc(-c2cc3c(N4CCOCC4)ncnc3[nH]2)cc1. The van der Waals surface area contributed by atoms with Gasteiger partial charge >= 0.3 is 5.97 Å². The van der Waals surface area contributed by atoms with E-state index in [0.29, 0.717) is 13.2 Å². The molecule has 0 radical (unpaired) electrons. The van der Waals surface area contributed by atoms with Gasteiger partial charge in [-0.2, -0.15) is 0 Å². The number of aromatic amines is 1. The van der Waals surface area contributed by atoms with Crippen LogP contribution in [0.5, 0.6) is 0 Å². The highest BCUT2D eigenvalue weighted by atomic mass is 16.5. The monoisotopic (exact) mass is 338 g/mol. The molecule has 3 aromatic rings. The van der Waals surface area contributed by atoms with Gasteiger partial charge in [0.2, 0.25) is 0 Å². The van der Waals surface area contributed by atoms with E-state index in [1.165, 1.54) is 0 Å². The van der Waals surface area contributed by atoms with Gasteiger partial charge in [-0.05, 0) is 17.2 Å². The zero-order valence-corrected chi connectivity index (χ0v) is 13.6. The third-order valence-corrected chi connectivity index (χ3v) is 4.34. The van der Waals surface area contributed by atoms with E-state index < -0.39 is 5.97 Å². The first-order valence-corrected chi connectivity index (χ1v) is 8.18. The summed E-state index contributed by atoms with van der Waals surface area (Å²) in [6.45, 7) is 3.04. The molecule has 2 N–H and O–H groups in total. The molecule has 1 aromatic carbocycles. The molecule has 1 aliphatic rings. The van der Waals surface area contributed by atoms with Crippen LogP contribution in [0.15, 0.2) is 36.7 Å². The van der Waals surface area contributed by atoms with Gasteiger partial charge in [-0.1, -0.05) is 24.3 Å². The summed E-state index contributed by atoms with van der Waals surface area (Å²) < 4.78 is 5.41. The van der Waals surface area contributed by atoms with Gasteiger partial charge in [-0.25, -0.2) is 9.97 Å². The summed E-state index contributed by atoms with van der Waals surface area (Å²) in [4.78, 5) is 25.1. The van der Waals surface area contributed by atoms with Gasteiger partial charge in [0.25, 0.3) is 0 Å². The van der Waals surface area contributed by atoms with E-state index in [1.807, 2.05) is 30.3 Å². The Labute approximate surface area is 144 Å². The fourth-order valence-corrected chi connectivity index (χ4v) is 3.09. The number of fused-ring (bicyclic) bond motifs is 1. The standard InChI is InChI=1S/C18H18N4O3/c23-16(24)9-12-1-3-13(4-2-12)15-10-14-17(21-15)19-11-20-18(14)22-5-7-25-8-6-22/h1-4,10-11H,5-9H2,(H,23,24)(H,19,20,21). The van der Waals surface area contributed by atoms with Gasteiger partial charge in [-0.15, -0.1) is 0 Å². The number of carboxylic acids is 1. The Morgan fingerprint density at radius 2 is 1.96 bits per heavy atom. The van der Waals surface area contributed by atoms with Crippen LogP contribution >= 0.6 is 0 Å². The van der Waals surface area contributed by atoms with Crippen molar-refractivity contribution in [2.45, 2.75) is 6.42 Å². The number of ether oxygens (including phenoxy) is 1. The molecule has 3 heterocycles. The van der Waals surface area contributed by atoms with E-state index in [9.17, 15) is 4.79 Å². The van der Waals surface area contributed by atoms with E-state index in [1.54, 1.807) is 6.33 Å². The fraction of sp³-hybridized carbons (Fsp3) is 0.278. The van der Waals surface area contributed by atoms with Crippen molar-refractivity contribution >= 4 is 22.8 Å². The minimum absolute atomic E-state index is 0.0274. The summed E-state index contributed by atoms with van der Waals surface area (Å²) >= 11 is 0. The minimum Gasteiger partial charge on any atom is -0.481 e. The van der Waals surface area contributed by atoms with E-state index in [0.717, 1.165) is 46.8 Å². The van der Waals surface area contributed by atoms with Crippen molar-refractivity contribution in [1.82, 2.24) is 15.0 Å². The van der Waals surface area contributed by atoms with Gasteiger partial charge in [0.1, 0.15) is 17.8 Å². The van der Waals surface area contributed by atoms with E-state index >= 15 is 0 Å². The third kappa shape index (κ3) is 3.18. The number of carboxylic acid groups (broad SMARTS) is 1. The van der Waals surface area contributed by atoms with Crippen molar-refractivity contribution in [2.75, 3.05) is 31.2 Å². The maximum Gasteiger partial charge on any atom is 0.307 e. The number of rotatable bonds is 4. The first-order valence-electron chi connectivity index (χ1n) is 8.18. The number of aliphatic carboxylic acids is 1. The predicted molar refractivity (Wildman–Crippen MR) is 93.7 cm³/mol. The fourth-order valence-electron chi connectivity index (χ4n) is 3.09. The Hall–Kier alpha value is -2.93. The van der Waals surface area contributed by atoms with Crippen LogP contribution < -0.4 is 4.90 Å². The van der Waals surface area contributed by atoms with Crippen molar-refractivity contribution in [3.63, 3.8) is 0 Å². The van der Waals surface area contributed by atoms with Gasteiger partial charge in [0.05, 0.1) is 25.0 Å². The molecule has 128 valence electrons. The molecule has 4 rings (SSSR count). The normalized spacial score (nSPS) is 14.8. The number of nitrogens with one attached hydrogen (secondary N) is 1. The molecule has 7 heteroatoms. The summed E-state index contributed by atoms with van der Waals surface area (Å²) in [6.07, 6.45) is 1.60. The smallest absolute Gasteiger partial charge is 0.307 e. The Morgan fingerprint density at radius 3 is 2.68 bits per heavy atom. The number of benzene rings is 1. The summed E-state index contributed by atoms with van der Waals surface area (Å²) in [5, 5.41) is 9.85. The van der Waals surface area contributed by atoms with Crippen LogP contribution in [0.3, 0.4) is 0 Å². The minimum atomic E-state index is -0.830. The zero-order chi connectivity index (χ0) is 17.2. The largest absolute Gasteiger partial charge is 0.481 e. The van der Waals surface area contributed by atoms with Crippen molar-refractivity contribution in [1.29, 1.82) is 0 Å². The molecule has 0 unspecified atom stereocenters.